The lowest BCUT2D eigenvalue weighted by atomic mass is 10.2. The molecule has 0 amide bonds. The smallest absolute Gasteiger partial charge is 0.269 e. The van der Waals surface area contributed by atoms with Crippen LogP contribution in [-0.4, -0.2) is 13.7 Å². The second-order valence-electron chi connectivity index (χ2n) is 3.18. The van der Waals surface area contributed by atoms with Crippen molar-refractivity contribution in [3.63, 3.8) is 0 Å². The highest BCUT2D eigenvalue weighted by Gasteiger charge is 2.07. The van der Waals surface area contributed by atoms with Crippen LogP contribution in [0.15, 0.2) is 24.3 Å². The molecule has 0 spiro atoms. The Morgan fingerprint density at radius 2 is 2.29 bits per heavy atom. The number of benzene rings is 1. The Bertz CT molecular complexity index is 545. The third kappa shape index (κ3) is 2.89. The van der Waals surface area contributed by atoms with Crippen molar-refractivity contribution in [2.45, 2.75) is 6.54 Å². The van der Waals surface area contributed by atoms with E-state index in [1.54, 1.807) is 12.1 Å². The average Bonchev–Trinajstić information content (AvgIpc) is 2.72. The Balaban J connectivity index is 2.07. The van der Waals surface area contributed by atoms with E-state index in [0.29, 0.717) is 17.5 Å². The second kappa shape index (κ2) is 5.07. The molecule has 0 saturated heterocycles. The molecule has 0 atom stereocenters. The van der Waals surface area contributed by atoms with Gasteiger partial charge in [0, 0.05) is 18.7 Å². The van der Waals surface area contributed by atoms with Crippen LogP contribution in [0, 0.1) is 10.1 Å². The van der Waals surface area contributed by atoms with Gasteiger partial charge in [0.2, 0.25) is 0 Å². The second-order valence-corrected chi connectivity index (χ2v) is 4.07. The van der Waals surface area contributed by atoms with Gasteiger partial charge < -0.3 is 5.32 Å². The first-order chi connectivity index (χ1) is 8.16. The largest absolute Gasteiger partial charge is 0.363 e. The van der Waals surface area contributed by atoms with Gasteiger partial charge in [0.1, 0.15) is 0 Å². The van der Waals surface area contributed by atoms with E-state index in [4.69, 9.17) is 11.6 Å². The Labute approximate surface area is 106 Å². The third-order valence-corrected chi connectivity index (χ3v) is 2.92. The highest BCUT2D eigenvalue weighted by Crippen LogP contribution is 2.19. The zero-order chi connectivity index (χ0) is 12.3. The van der Waals surface area contributed by atoms with Gasteiger partial charge >= 0.3 is 0 Å². The fourth-order valence-corrected chi connectivity index (χ4v) is 1.93. The number of hydrogen-bond donors (Lipinski definition) is 1. The highest BCUT2D eigenvalue weighted by molar-refractivity contribution is 6.99. The van der Waals surface area contributed by atoms with E-state index in [1.165, 1.54) is 12.1 Å². The summed E-state index contributed by atoms with van der Waals surface area (Å²) in [4.78, 5) is 10.2. The summed E-state index contributed by atoms with van der Waals surface area (Å²) in [5.74, 6) is 0.489. The molecule has 0 aliphatic carbocycles. The van der Waals surface area contributed by atoms with E-state index in [0.717, 1.165) is 17.3 Å². The first-order valence-corrected chi connectivity index (χ1v) is 5.73. The Morgan fingerprint density at radius 3 is 2.94 bits per heavy atom. The minimum absolute atomic E-state index is 0.0619. The standard InChI is InChI=1S/C9H7ClN4O2S/c10-8-9(13-17-12-8)11-5-6-2-1-3-7(4-6)14(15)16/h1-4H,5H2,(H,11,13). The van der Waals surface area contributed by atoms with Crippen molar-refractivity contribution in [3.8, 4) is 0 Å². The lowest BCUT2D eigenvalue weighted by molar-refractivity contribution is -0.384. The van der Waals surface area contributed by atoms with Crippen LogP contribution in [0.2, 0.25) is 5.15 Å². The van der Waals surface area contributed by atoms with Gasteiger partial charge in [0.25, 0.3) is 5.69 Å². The van der Waals surface area contributed by atoms with Crippen molar-refractivity contribution in [3.05, 3.63) is 45.1 Å². The van der Waals surface area contributed by atoms with Crippen molar-refractivity contribution in [2.24, 2.45) is 0 Å². The SMILES string of the molecule is O=[N+]([O-])c1cccc(CNc2nsnc2Cl)c1. The molecule has 88 valence electrons. The molecule has 0 aliphatic heterocycles. The summed E-state index contributed by atoms with van der Waals surface area (Å²) in [5, 5.41) is 13.8. The van der Waals surface area contributed by atoms with Gasteiger partial charge in [0.05, 0.1) is 16.7 Å². The van der Waals surface area contributed by atoms with E-state index in [-0.39, 0.29) is 5.69 Å². The fourth-order valence-electron chi connectivity index (χ4n) is 1.25. The molecule has 0 saturated carbocycles. The quantitative estimate of drug-likeness (QED) is 0.682. The summed E-state index contributed by atoms with van der Waals surface area (Å²) in [7, 11) is 0. The third-order valence-electron chi connectivity index (χ3n) is 2.03. The fraction of sp³-hybridized carbons (Fsp3) is 0.111. The van der Waals surface area contributed by atoms with Crippen LogP contribution in [0.3, 0.4) is 0 Å². The van der Waals surface area contributed by atoms with Gasteiger partial charge in [0.15, 0.2) is 11.0 Å². The molecule has 1 heterocycles. The number of nitro groups is 1. The van der Waals surface area contributed by atoms with E-state index in [1.807, 2.05) is 0 Å². The van der Waals surface area contributed by atoms with E-state index >= 15 is 0 Å². The summed E-state index contributed by atoms with van der Waals surface area (Å²) in [6.45, 7) is 0.410. The molecule has 0 fully saturated rings. The molecular weight excluding hydrogens is 264 g/mol. The van der Waals surface area contributed by atoms with Crippen molar-refractivity contribution in [1.82, 2.24) is 8.75 Å². The summed E-state index contributed by atoms with van der Waals surface area (Å²) in [6.07, 6.45) is 0. The van der Waals surface area contributed by atoms with Gasteiger partial charge in [-0.15, -0.1) is 0 Å². The summed E-state index contributed by atoms with van der Waals surface area (Å²) in [6, 6.07) is 6.37. The molecule has 1 aromatic heterocycles. The number of hydrogen-bond acceptors (Lipinski definition) is 6. The van der Waals surface area contributed by atoms with E-state index in [9.17, 15) is 10.1 Å². The number of nitro benzene ring substituents is 1. The minimum Gasteiger partial charge on any atom is -0.363 e. The molecule has 0 unspecified atom stereocenters. The van der Waals surface area contributed by atoms with Crippen molar-refractivity contribution < 1.29 is 4.92 Å². The van der Waals surface area contributed by atoms with Crippen molar-refractivity contribution >= 4 is 34.8 Å². The highest BCUT2D eigenvalue weighted by atomic mass is 35.5. The Hall–Kier alpha value is -1.73. The first kappa shape index (κ1) is 11.7. The zero-order valence-electron chi connectivity index (χ0n) is 8.46. The van der Waals surface area contributed by atoms with E-state index < -0.39 is 4.92 Å². The molecule has 0 aliphatic rings. The zero-order valence-corrected chi connectivity index (χ0v) is 10.0. The lowest BCUT2D eigenvalue weighted by Crippen LogP contribution is -2.00. The predicted molar refractivity (Wildman–Crippen MR) is 65.3 cm³/mol. The lowest BCUT2D eigenvalue weighted by Gasteiger charge is -2.02. The van der Waals surface area contributed by atoms with Crippen LogP contribution in [0.4, 0.5) is 11.5 Å². The van der Waals surface area contributed by atoms with Gasteiger partial charge in [-0.05, 0) is 5.56 Å². The molecule has 17 heavy (non-hydrogen) atoms. The van der Waals surface area contributed by atoms with Crippen LogP contribution >= 0.6 is 23.3 Å². The van der Waals surface area contributed by atoms with Crippen molar-refractivity contribution in [1.29, 1.82) is 0 Å². The van der Waals surface area contributed by atoms with Crippen LogP contribution < -0.4 is 5.32 Å². The van der Waals surface area contributed by atoms with E-state index in [2.05, 4.69) is 14.1 Å². The number of nitrogens with one attached hydrogen (secondary N) is 1. The number of nitrogens with zero attached hydrogens (tertiary/aromatic N) is 3. The van der Waals surface area contributed by atoms with Crippen LogP contribution in [0.5, 0.6) is 0 Å². The molecule has 0 radical (unpaired) electrons. The van der Waals surface area contributed by atoms with Gasteiger partial charge in [-0.3, -0.25) is 10.1 Å². The maximum Gasteiger partial charge on any atom is 0.269 e. The minimum atomic E-state index is -0.430. The average molecular weight is 271 g/mol. The molecule has 8 heteroatoms. The Morgan fingerprint density at radius 1 is 1.47 bits per heavy atom. The maximum absolute atomic E-state index is 10.6. The normalized spacial score (nSPS) is 10.2. The molecule has 2 aromatic rings. The number of rotatable bonds is 4. The molecule has 1 N–H and O–H groups in total. The molecule has 0 bridgehead atoms. The molecular formula is C9H7ClN4O2S. The Kier molecular flexibility index (Phi) is 3.50. The predicted octanol–water partition coefficient (Wildman–Crippen LogP) is 2.71. The van der Waals surface area contributed by atoms with Gasteiger partial charge in [-0.1, -0.05) is 23.7 Å². The van der Waals surface area contributed by atoms with Gasteiger partial charge in [-0.25, -0.2) is 0 Å². The molecule has 6 nitrogen and oxygen atoms in total. The van der Waals surface area contributed by atoms with Crippen molar-refractivity contribution in [2.75, 3.05) is 5.32 Å². The monoisotopic (exact) mass is 270 g/mol. The van der Waals surface area contributed by atoms with Crippen LogP contribution in [-0.2, 0) is 6.54 Å². The number of aromatic nitrogens is 2. The van der Waals surface area contributed by atoms with Gasteiger partial charge in [-0.2, -0.15) is 8.75 Å². The number of halogens is 1. The first-order valence-electron chi connectivity index (χ1n) is 4.62. The summed E-state index contributed by atoms with van der Waals surface area (Å²) >= 11 is 6.76. The number of non-ortho nitro benzene ring substituents is 1. The molecule has 1 aromatic carbocycles. The molecule has 2 rings (SSSR count). The van der Waals surface area contributed by atoms with Crippen LogP contribution in [0.25, 0.3) is 0 Å². The summed E-state index contributed by atoms with van der Waals surface area (Å²) < 4.78 is 7.74. The summed E-state index contributed by atoms with van der Waals surface area (Å²) in [5.41, 5.74) is 0.843. The number of anilines is 1. The maximum atomic E-state index is 10.6. The topological polar surface area (TPSA) is 81.0 Å². The van der Waals surface area contributed by atoms with Crippen LogP contribution in [0.1, 0.15) is 5.56 Å².